The van der Waals surface area contributed by atoms with Crippen molar-refractivity contribution in [1.29, 1.82) is 0 Å². The zero-order valence-corrected chi connectivity index (χ0v) is 8.88. The molecule has 0 atom stereocenters. The van der Waals surface area contributed by atoms with Gasteiger partial charge in [0.2, 0.25) is 0 Å². The van der Waals surface area contributed by atoms with Crippen molar-refractivity contribution in [3.05, 3.63) is 0 Å². The highest BCUT2D eigenvalue weighted by Gasteiger charge is 2.39. The third-order valence-electron chi connectivity index (χ3n) is 1.79. The van der Waals surface area contributed by atoms with Gasteiger partial charge in [-0.05, 0) is 6.92 Å². The van der Waals surface area contributed by atoms with Crippen molar-refractivity contribution in [2.45, 2.75) is 20.8 Å². The van der Waals surface area contributed by atoms with Crippen molar-refractivity contribution in [3.8, 4) is 0 Å². The van der Waals surface area contributed by atoms with Crippen molar-refractivity contribution in [3.63, 3.8) is 0 Å². The number of oxime groups is 1. The summed E-state index contributed by atoms with van der Waals surface area (Å²) < 4.78 is 21.9. The van der Waals surface area contributed by atoms with Crippen molar-refractivity contribution >= 4 is 13.0 Å². The van der Waals surface area contributed by atoms with Crippen molar-refractivity contribution in [2.75, 3.05) is 13.2 Å². The molecular formula is C7H14NO4P. The van der Waals surface area contributed by atoms with Crippen LogP contribution in [0, 0.1) is 5.41 Å². The van der Waals surface area contributed by atoms with Gasteiger partial charge in [0.1, 0.15) is 0 Å². The largest absolute Gasteiger partial charge is 0.410 e. The lowest BCUT2D eigenvalue weighted by atomic mass is 9.97. The predicted molar refractivity (Wildman–Crippen MR) is 48.2 cm³/mol. The minimum absolute atomic E-state index is 0.00278. The summed E-state index contributed by atoms with van der Waals surface area (Å²) in [6, 6.07) is 0. The lowest BCUT2D eigenvalue weighted by molar-refractivity contribution is 0.0473. The van der Waals surface area contributed by atoms with Crippen molar-refractivity contribution < 1.29 is 18.8 Å². The summed E-state index contributed by atoms with van der Waals surface area (Å²) in [6.07, 6.45) is 0. The summed E-state index contributed by atoms with van der Waals surface area (Å²) in [7, 11) is -3.28. The van der Waals surface area contributed by atoms with Gasteiger partial charge in [-0.15, -0.1) is 0 Å². The molecule has 1 rings (SSSR count). The van der Waals surface area contributed by atoms with Gasteiger partial charge in [0.05, 0.1) is 13.2 Å². The van der Waals surface area contributed by atoms with Crippen LogP contribution in [0.5, 0.6) is 0 Å². The molecule has 0 saturated carbocycles. The second kappa shape index (κ2) is 3.40. The zero-order valence-electron chi connectivity index (χ0n) is 7.98. The van der Waals surface area contributed by atoms with Crippen LogP contribution in [0.2, 0.25) is 0 Å². The zero-order chi connectivity index (χ0) is 10.1. The molecule has 0 unspecified atom stereocenters. The average Bonchev–Trinajstić information content (AvgIpc) is 2.09. The van der Waals surface area contributed by atoms with Crippen LogP contribution in [0.1, 0.15) is 20.8 Å². The second-order valence-corrected chi connectivity index (χ2v) is 6.01. The highest BCUT2D eigenvalue weighted by Crippen LogP contribution is 2.54. The maximum Gasteiger partial charge on any atom is 0.378 e. The number of nitrogens with zero attached hydrogens (tertiary/aromatic N) is 1. The summed E-state index contributed by atoms with van der Waals surface area (Å²) in [5.74, 6) is 0. The van der Waals surface area contributed by atoms with E-state index >= 15 is 0 Å². The van der Waals surface area contributed by atoms with Gasteiger partial charge >= 0.3 is 7.60 Å². The Morgan fingerprint density at radius 2 is 1.92 bits per heavy atom. The fraction of sp³-hybridized carbons (Fsp3) is 0.857. The van der Waals surface area contributed by atoms with E-state index in [-0.39, 0.29) is 10.9 Å². The van der Waals surface area contributed by atoms with Gasteiger partial charge in [0.25, 0.3) is 0 Å². The minimum atomic E-state index is -3.28. The Bertz CT molecular complexity index is 260. The van der Waals surface area contributed by atoms with Crippen LogP contribution in [0.4, 0.5) is 0 Å². The Kier molecular flexibility index (Phi) is 2.80. The van der Waals surface area contributed by atoms with Crippen molar-refractivity contribution in [2.24, 2.45) is 10.6 Å². The molecule has 6 heteroatoms. The minimum Gasteiger partial charge on any atom is -0.410 e. The fourth-order valence-electron chi connectivity index (χ4n) is 0.840. The molecule has 0 aliphatic carbocycles. The topological polar surface area (TPSA) is 68.1 Å². The van der Waals surface area contributed by atoms with E-state index in [1.807, 2.05) is 13.8 Å². The lowest BCUT2D eigenvalue weighted by Crippen LogP contribution is -2.30. The third kappa shape index (κ3) is 2.30. The van der Waals surface area contributed by atoms with E-state index in [0.29, 0.717) is 13.2 Å². The van der Waals surface area contributed by atoms with Gasteiger partial charge in [-0.25, -0.2) is 0 Å². The molecule has 0 amide bonds. The molecule has 1 aliphatic heterocycles. The second-order valence-electron chi connectivity index (χ2n) is 3.86. The standard InChI is InChI=1S/C7H14NO4P/c1-6(8-9)13(10)11-4-7(2,3)5-12-13/h9H,4-5H2,1-3H3/b8-6+. The average molecular weight is 207 g/mol. The highest BCUT2D eigenvalue weighted by atomic mass is 31.2. The van der Waals surface area contributed by atoms with Gasteiger partial charge in [-0.1, -0.05) is 19.0 Å². The molecule has 0 spiro atoms. The van der Waals surface area contributed by atoms with E-state index in [0.717, 1.165) is 0 Å². The molecule has 0 radical (unpaired) electrons. The van der Waals surface area contributed by atoms with E-state index in [2.05, 4.69) is 5.16 Å². The van der Waals surface area contributed by atoms with Crippen LogP contribution < -0.4 is 0 Å². The summed E-state index contributed by atoms with van der Waals surface area (Å²) in [5, 5.41) is 11.3. The molecule has 1 N–H and O–H groups in total. The van der Waals surface area contributed by atoms with Crippen LogP contribution in [-0.4, -0.2) is 23.9 Å². The first kappa shape index (κ1) is 10.7. The summed E-state index contributed by atoms with van der Waals surface area (Å²) in [4.78, 5) is 0. The quantitative estimate of drug-likeness (QED) is 0.309. The summed E-state index contributed by atoms with van der Waals surface area (Å²) in [6.45, 7) is 6.00. The maximum absolute atomic E-state index is 11.7. The molecule has 1 fully saturated rings. The molecule has 1 saturated heterocycles. The highest BCUT2D eigenvalue weighted by molar-refractivity contribution is 7.72. The monoisotopic (exact) mass is 207 g/mol. The first-order chi connectivity index (χ1) is 5.90. The first-order valence-electron chi connectivity index (χ1n) is 3.98. The van der Waals surface area contributed by atoms with Crippen LogP contribution in [0.15, 0.2) is 5.16 Å². The Morgan fingerprint density at radius 1 is 1.46 bits per heavy atom. The van der Waals surface area contributed by atoms with Crippen LogP contribution in [0.3, 0.4) is 0 Å². The Labute approximate surface area is 77.3 Å². The number of rotatable bonds is 1. The van der Waals surface area contributed by atoms with Crippen molar-refractivity contribution in [1.82, 2.24) is 0 Å². The van der Waals surface area contributed by atoms with E-state index in [1.54, 1.807) is 0 Å². The first-order valence-corrected chi connectivity index (χ1v) is 5.52. The van der Waals surface area contributed by atoms with E-state index in [4.69, 9.17) is 14.3 Å². The molecule has 0 aromatic rings. The van der Waals surface area contributed by atoms with Crippen LogP contribution in [0.25, 0.3) is 0 Å². The Morgan fingerprint density at radius 3 is 2.31 bits per heavy atom. The molecule has 0 bridgehead atoms. The Hall–Kier alpha value is -0.380. The normalized spacial score (nSPS) is 27.2. The molecule has 13 heavy (non-hydrogen) atoms. The molecule has 76 valence electrons. The smallest absolute Gasteiger partial charge is 0.378 e. The number of hydrogen-bond donors (Lipinski definition) is 1. The molecule has 5 nitrogen and oxygen atoms in total. The lowest BCUT2D eigenvalue weighted by Gasteiger charge is -2.33. The summed E-state index contributed by atoms with van der Waals surface area (Å²) >= 11 is 0. The molecular weight excluding hydrogens is 193 g/mol. The molecule has 0 aromatic heterocycles. The SMILES string of the molecule is C/C(=N\O)P1(=O)OCC(C)(C)CO1. The van der Waals surface area contributed by atoms with E-state index < -0.39 is 7.60 Å². The van der Waals surface area contributed by atoms with Gasteiger partial charge in [0.15, 0.2) is 5.45 Å². The number of hydrogen-bond acceptors (Lipinski definition) is 5. The summed E-state index contributed by atoms with van der Waals surface area (Å²) in [5.41, 5.74) is -0.132. The molecule has 1 heterocycles. The molecule has 0 aromatic carbocycles. The predicted octanol–water partition coefficient (Wildman–Crippen LogP) is 2.06. The van der Waals surface area contributed by atoms with E-state index in [9.17, 15) is 4.57 Å². The van der Waals surface area contributed by atoms with Gasteiger partial charge in [-0.3, -0.25) is 4.57 Å². The van der Waals surface area contributed by atoms with Gasteiger partial charge in [-0.2, -0.15) is 0 Å². The Balaban J connectivity index is 2.73. The van der Waals surface area contributed by atoms with Gasteiger partial charge in [0, 0.05) is 5.41 Å². The van der Waals surface area contributed by atoms with Crippen LogP contribution >= 0.6 is 7.60 Å². The molecule has 1 aliphatic rings. The maximum atomic E-state index is 11.7. The van der Waals surface area contributed by atoms with E-state index in [1.165, 1.54) is 6.92 Å². The van der Waals surface area contributed by atoms with Crippen LogP contribution in [-0.2, 0) is 13.6 Å². The fourth-order valence-corrected chi connectivity index (χ4v) is 2.44. The third-order valence-corrected chi connectivity index (χ3v) is 3.61. The van der Waals surface area contributed by atoms with Gasteiger partial charge < -0.3 is 14.3 Å².